The van der Waals surface area contributed by atoms with Gasteiger partial charge in [0.1, 0.15) is 0 Å². The molecule has 2 rings (SSSR count). The van der Waals surface area contributed by atoms with Gasteiger partial charge in [0.2, 0.25) is 6.79 Å². The maximum Gasteiger partial charge on any atom is 0.231 e. The van der Waals surface area contributed by atoms with Crippen LogP contribution in [0.1, 0.15) is 24.9 Å². The van der Waals surface area contributed by atoms with Crippen LogP contribution < -0.4 is 20.9 Å². The highest BCUT2D eigenvalue weighted by molar-refractivity contribution is 5.45. The molecule has 0 spiro atoms. The number of rotatable bonds is 4. The van der Waals surface area contributed by atoms with Crippen molar-refractivity contribution in [3.05, 3.63) is 23.8 Å². The molecule has 0 fully saturated rings. The van der Waals surface area contributed by atoms with E-state index < -0.39 is 0 Å². The lowest BCUT2D eigenvalue weighted by molar-refractivity contribution is 0.174. The minimum absolute atomic E-state index is 0.0375. The number of benzene rings is 1. The molecule has 1 aliphatic rings. The molecule has 0 aliphatic carbocycles. The second-order valence-corrected chi connectivity index (χ2v) is 4.04. The van der Waals surface area contributed by atoms with E-state index in [4.69, 9.17) is 20.9 Å². The summed E-state index contributed by atoms with van der Waals surface area (Å²) in [6.45, 7) is 3.00. The highest BCUT2D eigenvalue weighted by atomic mass is 16.7. The summed E-state index contributed by atoms with van der Waals surface area (Å²) in [5, 5.41) is 0. The Morgan fingerprint density at radius 2 is 2.06 bits per heavy atom. The summed E-state index contributed by atoms with van der Waals surface area (Å²) in [5.41, 5.74) is 12.9. The highest BCUT2D eigenvalue weighted by Crippen LogP contribution is 2.35. The van der Waals surface area contributed by atoms with E-state index in [9.17, 15) is 0 Å². The van der Waals surface area contributed by atoms with Crippen molar-refractivity contribution >= 4 is 0 Å². The van der Waals surface area contributed by atoms with Crippen LogP contribution in [0.3, 0.4) is 0 Å². The Labute approximate surface area is 95.5 Å². The second kappa shape index (κ2) is 4.72. The number of fused-ring (bicyclic) bond motifs is 1. The lowest BCUT2D eigenvalue weighted by atomic mass is 9.91. The molecule has 1 aliphatic heterocycles. The van der Waals surface area contributed by atoms with Gasteiger partial charge in [0.25, 0.3) is 0 Å². The smallest absolute Gasteiger partial charge is 0.231 e. The van der Waals surface area contributed by atoms with Gasteiger partial charge < -0.3 is 20.9 Å². The van der Waals surface area contributed by atoms with Crippen molar-refractivity contribution in [2.75, 3.05) is 13.3 Å². The fourth-order valence-electron chi connectivity index (χ4n) is 1.96. The average Bonchev–Trinajstić information content (AvgIpc) is 2.77. The van der Waals surface area contributed by atoms with E-state index in [1.165, 1.54) is 0 Å². The van der Waals surface area contributed by atoms with Gasteiger partial charge >= 0.3 is 0 Å². The van der Waals surface area contributed by atoms with Gasteiger partial charge in [-0.15, -0.1) is 0 Å². The Hall–Kier alpha value is -1.26. The SMILES string of the molecule is CCC(CN)C(N)c1ccc2c(c1)OCO2. The van der Waals surface area contributed by atoms with Crippen molar-refractivity contribution in [1.82, 2.24) is 0 Å². The molecule has 16 heavy (non-hydrogen) atoms. The molecule has 0 bridgehead atoms. The molecule has 0 amide bonds. The zero-order valence-electron chi connectivity index (χ0n) is 9.48. The van der Waals surface area contributed by atoms with Gasteiger partial charge in [0, 0.05) is 6.04 Å². The summed E-state index contributed by atoms with van der Waals surface area (Å²) in [6.07, 6.45) is 0.978. The number of hydrogen-bond acceptors (Lipinski definition) is 4. The fourth-order valence-corrected chi connectivity index (χ4v) is 1.96. The molecule has 1 aromatic rings. The van der Waals surface area contributed by atoms with Crippen LogP contribution in [0.2, 0.25) is 0 Å². The van der Waals surface area contributed by atoms with Gasteiger partial charge in [-0.1, -0.05) is 19.4 Å². The van der Waals surface area contributed by atoms with Gasteiger partial charge in [-0.3, -0.25) is 0 Å². The van der Waals surface area contributed by atoms with Gasteiger partial charge in [0.05, 0.1) is 0 Å². The van der Waals surface area contributed by atoms with E-state index in [2.05, 4.69) is 6.92 Å². The second-order valence-electron chi connectivity index (χ2n) is 4.04. The van der Waals surface area contributed by atoms with E-state index in [1.807, 2.05) is 18.2 Å². The molecule has 1 aromatic carbocycles. The monoisotopic (exact) mass is 222 g/mol. The van der Waals surface area contributed by atoms with Gasteiger partial charge in [-0.25, -0.2) is 0 Å². The molecule has 2 unspecified atom stereocenters. The first-order chi connectivity index (χ1) is 7.76. The Balaban J connectivity index is 2.20. The van der Waals surface area contributed by atoms with Crippen LogP contribution in [0.5, 0.6) is 11.5 Å². The van der Waals surface area contributed by atoms with Crippen LogP contribution in [0.4, 0.5) is 0 Å². The van der Waals surface area contributed by atoms with Crippen LogP contribution in [-0.2, 0) is 0 Å². The lowest BCUT2D eigenvalue weighted by Crippen LogP contribution is -2.27. The third-order valence-corrected chi connectivity index (χ3v) is 3.12. The zero-order chi connectivity index (χ0) is 11.5. The molecule has 0 saturated carbocycles. The summed E-state index contributed by atoms with van der Waals surface area (Å²) >= 11 is 0. The van der Waals surface area contributed by atoms with Crippen molar-refractivity contribution in [1.29, 1.82) is 0 Å². The third kappa shape index (κ3) is 1.99. The molecule has 2 atom stereocenters. The largest absolute Gasteiger partial charge is 0.454 e. The highest BCUT2D eigenvalue weighted by Gasteiger charge is 2.20. The van der Waals surface area contributed by atoms with Crippen molar-refractivity contribution in [3.63, 3.8) is 0 Å². The summed E-state index contributed by atoms with van der Waals surface area (Å²) in [6, 6.07) is 5.80. The minimum Gasteiger partial charge on any atom is -0.454 e. The lowest BCUT2D eigenvalue weighted by Gasteiger charge is -2.21. The fraction of sp³-hybridized carbons (Fsp3) is 0.500. The number of hydrogen-bond donors (Lipinski definition) is 2. The first-order valence-corrected chi connectivity index (χ1v) is 5.61. The molecule has 0 radical (unpaired) electrons. The standard InChI is InChI=1S/C12H18N2O2/c1-2-8(6-13)12(14)9-3-4-10-11(5-9)16-7-15-10/h3-5,8,12H,2,6-7,13-14H2,1H3. The molecular formula is C12H18N2O2. The molecular weight excluding hydrogens is 204 g/mol. The van der Waals surface area contributed by atoms with Crippen LogP contribution >= 0.6 is 0 Å². The van der Waals surface area contributed by atoms with Crippen LogP contribution in [0.25, 0.3) is 0 Å². The summed E-state index contributed by atoms with van der Waals surface area (Å²) < 4.78 is 10.6. The van der Waals surface area contributed by atoms with E-state index in [0.29, 0.717) is 19.3 Å². The number of nitrogens with two attached hydrogens (primary N) is 2. The van der Waals surface area contributed by atoms with Gasteiger partial charge in [0.15, 0.2) is 11.5 Å². The summed E-state index contributed by atoms with van der Waals surface area (Å²) in [7, 11) is 0. The maximum absolute atomic E-state index is 6.18. The minimum atomic E-state index is -0.0375. The van der Waals surface area contributed by atoms with E-state index >= 15 is 0 Å². The van der Waals surface area contributed by atoms with Crippen molar-refractivity contribution < 1.29 is 9.47 Å². The van der Waals surface area contributed by atoms with E-state index in [0.717, 1.165) is 23.5 Å². The van der Waals surface area contributed by atoms with Gasteiger partial charge in [-0.2, -0.15) is 0 Å². The molecule has 4 N–H and O–H groups in total. The summed E-state index contributed by atoms with van der Waals surface area (Å²) in [4.78, 5) is 0. The van der Waals surface area contributed by atoms with Crippen molar-refractivity contribution in [3.8, 4) is 11.5 Å². The van der Waals surface area contributed by atoms with Crippen LogP contribution in [-0.4, -0.2) is 13.3 Å². The van der Waals surface area contributed by atoms with Crippen LogP contribution in [0, 0.1) is 5.92 Å². The predicted molar refractivity (Wildman–Crippen MR) is 62.3 cm³/mol. The third-order valence-electron chi connectivity index (χ3n) is 3.12. The van der Waals surface area contributed by atoms with E-state index in [1.54, 1.807) is 0 Å². The molecule has 4 heteroatoms. The van der Waals surface area contributed by atoms with Crippen LogP contribution in [0.15, 0.2) is 18.2 Å². The van der Waals surface area contributed by atoms with E-state index in [-0.39, 0.29) is 6.04 Å². The Bertz CT molecular complexity index is 364. The Morgan fingerprint density at radius 1 is 1.31 bits per heavy atom. The molecule has 4 nitrogen and oxygen atoms in total. The summed E-state index contributed by atoms with van der Waals surface area (Å²) in [5.74, 6) is 1.87. The Kier molecular flexibility index (Phi) is 3.31. The quantitative estimate of drug-likeness (QED) is 0.807. The number of ether oxygens (including phenoxy) is 2. The first-order valence-electron chi connectivity index (χ1n) is 5.61. The normalized spacial score (nSPS) is 17.2. The molecule has 88 valence electrons. The molecule has 1 heterocycles. The Morgan fingerprint density at radius 3 is 2.75 bits per heavy atom. The predicted octanol–water partition coefficient (Wildman–Crippen LogP) is 1.40. The molecule has 0 aromatic heterocycles. The average molecular weight is 222 g/mol. The van der Waals surface area contributed by atoms with Crippen molar-refractivity contribution in [2.24, 2.45) is 17.4 Å². The zero-order valence-corrected chi connectivity index (χ0v) is 9.48. The topological polar surface area (TPSA) is 70.5 Å². The first kappa shape index (κ1) is 11.2. The van der Waals surface area contributed by atoms with Gasteiger partial charge in [-0.05, 0) is 30.2 Å². The maximum atomic E-state index is 6.18. The van der Waals surface area contributed by atoms with Crippen molar-refractivity contribution in [2.45, 2.75) is 19.4 Å². The molecule has 0 saturated heterocycles.